The maximum Gasteiger partial charge on any atom is 0.125 e. The molecule has 2 unspecified atom stereocenters. The summed E-state index contributed by atoms with van der Waals surface area (Å²) in [5, 5.41) is 3.90. The Kier molecular flexibility index (Phi) is 5.05. The van der Waals surface area contributed by atoms with Gasteiger partial charge in [-0.25, -0.2) is 0 Å². The van der Waals surface area contributed by atoms with Gasteiger partial charge in [-0.1, -0.05) is 17.7 Å². The van der Waals surface area contributed by atoms with Crippen LogP contribution in [0.25, 0.3) is 0 Å². The highest BCUT2D eigenvalue weighted by Gasteiger charge is 2.34. The molecule has 1 aliphatic heterocycles. The summed E-state index contributed by atoms with van der Waals surface area (Å²) in [6.45, 7) is 2.41. The molecule has 2 atom stereocenters. The molecule has 0 aromatic heterocycles. The van der Waals surface area contributed by atoms with E-state index >= 15 is 0 Å². The summed E-state index contributed by atoms with van der Waals surface area (Å²) in [4.78, 5) is 2.27. The monoisotopic (exact) mass is 284 g/mol. The van der Waals surface area contributed by atoms with Gasteiger partial charge in [0, 0.05) is 23.7 Å². The third kappa shape index (κ3) is 3.03. The summed E-state index contributed by atoms with van der Waals surface area (Å²) < 4.78 is 11.4. The predicted molar refractivity (Wildman–Crippen MR) is 77.0 cm³/mol. The first-order valence-corrected chi connectivity index (χ1v) is 6.85. The Morgan fingerprint density at radius 1 is 1.53 bits per heavy atom. The molecule has 106 valence electrons. The second-order valence-corrected chi connectivity index (χ2v) is 5.16. The van der Waals surface area contributed by atoms with E-state index in [1.807, 2.05) is 25.2 Å². The molecule has 0 bridgehead atoms. The van der Waals surface area contributed by atoms with Gasteiger partial charge < -0.3 is 14.8 Å². The summed E-state index contributed by atoms with van der Waals surface area (Å²) >= 11 is 6.39. The van der Waals surface area contributed by atoms with Crippen molar-refractivity contribution in [1.82, 2.24) is 10.2 Å². The van der Waals surface area contributed by atoms with Gasteiger partial charge >= 0.3 is 0 Å². The molecule has 4 nitrogen and oxygen atoms in total. The minimum Gasteiger partial charge on any atom is -0.496 e. The first kappa shape index (κ1) is 14.6. The van der Waals surface area contributed by atoms with Crippen LogP contribution in [0.2, 0.25) is 5.02 Å². The van der Waals surface area contributed by atoms with E-state index in [4.69, 9.17) is 21.1 Å². The second-order valence-electron chi connectivity index (χ2n) is 4.75. The zero-order chi connectivity index (χ0) is 13.8. The van der Waals surface area contributed by atoms with E-state index in [0.717, 1.165) is 36.0 Å². The number of ether oxygens (including phenoxy) is 2. The number of nitrogens with one attached hydrogen (secondary N) is 1. The molecule has 1 fully saturated rings. The zero-order valence-electron chi connectivity index (χ0n) is 11.6. The minimum absolute atomic E-state index is 0.0672. The Hall–Kier alpha value is -0.810. The molecule has 1 N–H and O–H groups in total. The molecule has 1 aliphatic rings. The van der Waals surface area contributed by atoms with E-state index < -0.39 is 0 Å². The number of benzene rings is 1. The molecule has 0 spiro atoms. The van der Waals surface area contributed by atoms with Gasteiger partial charge in [-0.2, -0.15) is 0 Å². The fraction of sp³-hybridized carbons (Fsp3) is 0.571. The molecule has 2 rings (SSSR count). The molecular weight excluding hydrogens is 264 g/mol. The van der Waals surface area contributed by atoms with Crippen molar-refractivity contribution < 1.29 is 9.47 Å². The number of hydrogen-bond donors (Lipinski definition) is 1. The van der Waals surface area contributed by atoms with E-state index in [-0.39, 0.29) is 12.1 Å². The third-order valence-corrected chi connectivity index (χ3v) is 3.87. The van der Waals surface area contributed by atoms with Crippen LogP contribution in [0.15, 0.2) is 18.2 Å². The molecule has 0 aliphatic carbocycles. The van der Waals surface area contributed by atoms with Crippen LogP contribution in [0.4, 0.5) is 0 Å². The summed E-state index contributed by atoms with van der Waals surface area (Å²) in [5.74, 6) is 0.816. The maximum atomic E-state index is 6.39. The van der Waals surface area contributed by atoms with E-state index in [2.05, 4.69) is 17.3 Å². The first-order chi connectivity index (χ1) is 9.19. The molecule has 1 aromatic rings. The lowest BCUT2D eigenvalue weighted by molar-refractivity contribution is -0.0611. The standard InChI is InChI=1S/C14H21ClN2O2/c1-16-9-12-14(17(2)7-8-19-12)13-10(15)5-4-6-11(13)18-3/h4-6,12,14,16H,7-9H2,1-3H3. The molecule has 1 saturated heterocycles. The van der Waals surface area contributed by atoms with Crippen LogP contribution >= 0.6 is 11.6 Å². The van der Waals surface area contributed by atoms with Gasteiger partial charge in [-0.15, -0.1) is 0 Å². The van der Waals surface area contributed by atoms with Gasteiger partial charge in [0.15, 0.2) is 0 Å². The van der Waals surface area contributed by atoms with Crippen LogP contribution in [0.1, 0.15) is 11.6 Å². The van der Waals surface area contributed by atoms with Gasteiger partial charge in [0.2, 0.25) is 0 Å². The van der Waals surface area contributed by atoms with Gasteiger partial charge in [-0.05, 0) is 26.2 Å². The van der Waals surface area contributed by atoms with Crippen molar-refractivity contribution in [2.24, 2.45) is 0 Å². The maximum absolute atomic E-state index is 6.39. The SMILES string of the molecule is CNCC1OCCN(C)C1c1c(Cl)cccc1OC. The summed E-state index contributed by atoms with van der Waals surface area (Å²) in [7, 11) is 5.70. The average Bonchev–Trinajstić information content (AvgIpc) is 2.40. The summed E-state index contributed by atoms with van der Waals surface area (Å²) in [6.07, 6.45) is 0.0672. The number of nitrogens with zero attached hydrogens (tertiary/aromatic N) is 1. The van der Waals surface area contributed by atoms with Crippen LogP contribution in [0, 0.1) is 0 Å². The lowest BCUT2D eigenvalue weighted by Crippen LogP contribution is -2.47. The van der Waals surface area contributed by atoms with Crippen LogP contribution in [-0.2, 0) is 4.74 Å². The molecule has 5 heteroatoms. The first-order valence-electron chi connectivity index (χ1n) is 6.48. The smallest absolute Gasteiger partial charge is 0.125 e. The van der Waals surface area contributed by atoms with Crippen LogP contribution in [0.5, 0.6) is 5.75 Å². The highest BCUT2D eigenvalue weighted by molar-refractivity contribution is 6.31. The Balaban J connectivity index is 2.40. The predicted octanol–water partition coefficient (Wildman–Crippen LogP) is 1.94. The van der Waals surface area contributed by atoms with E-state index in [1.54, 1.807) is 7.11 Å². The van der Waals surface area contributed by atoms with Crippen molar-refractivity contribution in [3.05, 3.63) is 28.8 Å². The van der Waals surface area contributed by atoms with Crippen molar-refractivity contribution in [2.45, 2.75) is 12.1 Å². The minimum atomic E-state index is 0.0672. The van der Waals surface area contributed by atoms with Gasteiger partial charge in [0.25, 0.3) is 0 Å². The van der Waals surface area contributed by atoms with Gasteiger partial charge in [0.1, 0.15) is 5.75 Å². The number of rotatable bonds is 4. The van der Waals surface area contributed by atoms with E-state index in [9.17, 15) is 0 Å². The summed E-state index contributed by atoms with van der Waals surface area (Å²) in [6, 6.07) is 5.85. The average molecular weight is 285 g/mol. The van der Waals surface area contributed by atoms with Gasteiger partial charge in [-0.3, -0.25) is 4.90 Å². The number of hydrogen-bond acceptors (Lipinski definition) is 4. The van der Waals surface area contributed by atoms with Crippen LogP contribution in [-0.4, -0.2) is 51.9 Å². The molecule has 0 saturated carbocycles. The van der Waals surface area contributed by atoms with Crippen molar-refractivity contribution in [3.63, 3.8) is 0 Å². The Morgan fingerprint density at radius 2 is 2.32 bits per heavy atom. The highest BCUT2D eigenvalue weighted by atomic mass is 35.5. The third-order valence-electron chi connectivity index (χ3n) is 3.54. The van der Waals surface area contributed by atoms with E-state index in [1.165, 1.54) is 0 Å². The number of halogens is 1. The fourth-order valence-corrected chi connectivity index (χ4v) is 2.90. The summed E-state index contributed by atoms with van der Waals surface area (Å²) in [5.41, 5.74) is 1.01. The molecule has 1 heterocycles. The van der Waals surface area contributed by atoms with Crippen LogP contribution < -0.4 is 10.1 Å². The molecular formula is C14H21ClN2O2. The van der Waals surface area contributed by atoms with Crippen molar-refractivity contribution in [3.8, 4) is 5.75 Å². The number of methoxy groups -OCH3 is 1. The Morgan fingerprint density at radius 3 is 3.00 bits per heavy atom. The fourth-order valence-electron chi connectivity index (χ4n) is 2.62. The molecule has 0 radical (unpaired) electrons. The highest BCUT2D eigenvalue weighted by Crippen LogP contribution is 2.38. The largest absolute Gasteiger partial charge is 0.496 e. The quantitative estimate of drug-likeness (QED) is 0.916. The normalized spacial score (nSPS) is 24.4. The van der Waals surface area contributed by atoms with E-state index in [0.29, 0.717) is 0 Å². The topological polar surface area (TPSA) is 33.7 Å². The number of likely N-dealkylation sites (N-methyl/N-ethyl adjacent to an activating group) is 2. The number of morpholine rings is 1. The molecule has 0 amide bonds. The van der Waals surface area contributed by atoms with Gasteiger partial charge in [0.05, 0.1) is 25.9 Å². The Bertz CT molecular complexity index is 426. The molecule has 1 aromatic carbocycles. The van der Waals surface area contributed by atoms with Crippen molar-refractivity contribution in [2.75, 3.05) is 40.9 Å². The lowest BCUT2D eigenvalue weighted by Gasteiger charge is -2.40. The zero-order valence-corrected chi connectivity index (χ0v) is 12.4. The van der Waals surface area contributed by atoms with Crippen LogP contribution in [0.3, 0.4) is 0 Å². The molecule has 19 heavy (non-hydrogen) atoms. The second kappa shape index (κ2) is 6.57. The lowest BCUT2D eigenvalue weighted by atomic mass is 9.97. The van der Waals surface area contributed by atoms with Crippen molar-refractivity contribution >= 4 is 11.6 Å². The Labute approximate surface area is 119 Å². The van der Waals surface area contributed by atoms with Crippen molar-refractivity contribution in [1.29, 1.82) is 0 Å².